The molecule has 0 aromatic carbocycles. The zero-order valence-corrected chi connectivity index (χ0v) is 7.34. The first-order valence-corrected chi connectivity index (χ1v) is 4.61. The van der Waals surface area contributed by atoms with Gasteiger partial charge in [-0.15, -0.1) is 0 Å². The van der Waals surface area contributed by atoms with Crippen LogP contribution in [-0.2, 0) is 4.79 Å². The molecule has 0 radical (unpaired) electrons. The molecule has 0 saturated heterocycles. The average Bonchev–Trinajstić information content (AvgIpc) is 2.91. The third kappa shape index (κ3) is 1.84. The number of hydrogen-bond donors (Lipinski definition) is 1. The summed E-state index contributed by atoms with van der Waals surface area (Å²) in [5.41, 5.74) is 3.70. The Labute approximate surface area is 72.2 Å². The second-order valence-corrected chi connectivity index (χ2v) is 3.78. The maximum absolute atomic E-state index is 11.1. The molecule has 2 aliphatic rings. The Morgan fingerprint density at radius 2 is 1.83 bits per heavy atom. The van der Waals surface area contributed by atoms with Crippen LogP contribution in [0.15, 0.2) is 5.10 Å². The molecule has 12 heavy (non-hydrogen) atoms. The van der Waals surface area contributed by atoms with E-state index < -0.39 is 0 Å². The van der Waals surface area contributed by atoms with Crippen molar-refractivity contribution in [3.05, 3.63) is 0 Å². The number of carbonyl (C=O) groups is 1. The Balaban J connectivity index is 1.78. The molecule has 1 N–H and O–H groups in total. The predicted molar refractivity (Wildman–Crippen MR) is 46.7 cm³/mol. The fourth-order valence-electron chi connectivity index (χ4n) is 1.17. The molecular formula is C9H14N2O. The Hall–Kier alpha value is -0.860. The Morgan fingerprint density at radius 1 is 1.25 bits per heavy atom. The normalized spacial score (nSPS) is 23.9. The van der Waals surface area contributed by atoms with E-state index in [1.54, 1.807) is 0 Å². The van der Waals surface area contributed by atoms with Crippen LogP contribution in [0.25, 0.3) is 0 Å². The van der Waals surface area contributed by atoms with Gasteiger partial charge in [-0.3, -0.25) is 4.79 Å². The molecule has 66 valence electrons. The van der Waals surface area contributed by atoms with Gasteiger partial charge in [-0.1, -0.05) is 0 Å². The fourth-order valence-corrected chi connectivity index (χ4v) is 1.17. The van der Waals surface area contributed by atoms with Crippen LogP contribution in [0.3, 0.4) is 0 Å². The topological polar surface area (TPSA) is 41.5 Å². The molecule has 2 saturated carbocycles. The molecule has 0 heterocycles. The number of hydrogen-bond acceptors (Lipinski definition) is 2. The van der Waals surface area contributed by atoms with Crippen molar-refractivity contribution in [2.75, 3.05) is 0 Å². The van der Waals surface area contributed by atoms with Crippen LogP contribution in [0.5, 0.6) is 0 Å². The minimum Gasteiger partial charge on any atom is -0.273 e. The van der Waals surface area contributed by atoms with Gasteiger partial charge in [-0.25, -0.2) is 5.43 Å². The van der Waals surface area contributed by atoms with Crippen molar-refractivity contribution in [1.29, 1.82) is 0 Å². The first-order valence-electron chi connectivity index (χ1n) is 4.61. The van der Waals surface area contributed by atoms with Gasteiger partial charge in [-0.05, 0) is 38.5 Å². The van der Waals surface area contributed by atoms with Crippen LogP contribution in [-0.4, -0.2) is 11.6 Å². The van der Waals surface area contributed by atoms with Gasteiger partial charge in [0.2, 0.25) is 5.91 Å². The van der Waals surface area contributed by atoms with E-state index in [2.05, 4.69) is 10.5 Å². The summed E-state index contributed by atoms with van der Waals surface area (Å²) < 4.78 is 0. The number of nitrogens with one attached hydrogen (secondary N) is 1. The lowest BCUT2D eigenvalue weighted by Gasteiger charge is -1.98. The minimum absolute atomic E-state index is 0.106. The number of amides is 1. The number of nitrogens with zero attached hydrogens (tertiary/aromatic N) is 1. The van der Waals surface area contributed by atoms with E-state index in [1.165, 1.54) is 12.8 Å². The second-order valence-electron chi connectivity index (χ2n) is 3.78. The average molecular weight is 166 g/mol. The van der Waals surface area contributed by atoms with Gasteiger partial charge < -0.3 is 0 Å². The third-order valence-electron chi connectivity index (χ3n) is 2.46. The maximum atomic E-state index is 11.1. The lowest BCUT2D eigenvalue weighted by atomic mass is 10.3. The molecule has 0 aromatic rings. The summed E-state index contributed by atoms with van der Waals surface area (Å²) in [5, 5.41) is 4.06. The smallest absolute Gasteiger partial charge is 0.243 e. The summed E-state index contributed by atoms with van der Waals surface area (Å²) in [7, 11) is 0. The zero-order valence-electron chi connectivity index (χ0n) is 7.34. The summed E-state index contributed by atoms with van der Waals surface area (Å²) in [6.07, 6.45) is 4.58. The van der Waals surface area contributed by atoms with Gasteiger partial charge in [0.15, 0.2) is 0 Å². The molecule has 3 heteroatoms. The van der Waals surface area contributed by atoms with Crippen molar-refractivity contribution in [2.45, 2.75) is 32.6 Å². The van der Waals surface area contributed by atoms with Crippen molar-refractivity contribution in [1.82, 2.24) is 5.43 Å². The van der Waals surface area contributed by atoms with E-state index in [9.17, 15) is 4.79 Å². The largest absolute Gasteiger partial charge is 0.273 e. The summed E-state index contributed by atoms with van der Waals surface area (Å²) in [6.45, 7) is 1.99. The quantitative estimate of drug-likeness (QED) is 0.498. The van der Waals surface area contributed by atoms with Crippen LogP contribution in [0.4, 0.5) is 0 Å². The van der Waals surface area contributed by atoms with Gasteiger partial charge in [0, 0.05) is 11.6 Å². The lowest BCUT2D eigenvalue weighted by molar-refractivity contribution is -0.122. The van der Waals surface area contributed by atoms with Gasteiger partial charge in [0.1, 0.15) is 0 Å². The molecule has 2 rings (SSSR count). The molecule has 2 fully saturated rings. The first kappa shape index (κ1) is 7.77. The Kier molecular flexibility index (Phi) is 1.87. The summed E-state index contributed by atoms with van der Waals surface area (Å²) in [6, 6.07) is 0. The van der Waals surface area contributed by atoms with Crippen molar-refractivity contribution < 1.29 is 4.79 Å². The predicted octanol–water partition coefficient (Wildman–Crippen LogP) is 1.30. The molecule has 0 aromatic heterocycles. The van der Waals surface area contributed by atoms with Crippen molar-refractivity contribution >= 4 is 11.6 Å². The Bertz CT molecular complexity index is 227. The highest BCUT2D eigenvalue weighted by Crippen LogP contribution is 2.31. The number of carbonyl (C=O) groups excluding carboxylic acids is 1. The van der Waals surface area contributed by atoms with Gasteiger partial charge in [-0.2, -0.15) is 5.10 Å². The van der Waals surface area contributed by atoms with E-state index in [-0.39, 0.29) is 11.8 Å². The summed E-state index contributed by atoms with van der Waals surface area (Å²) >= 11 is 0. The molecule has 0 spiro atoms. The highest BCUT2D eigenvalue weighted by molar-refractivity contribution is 5.88. The van der Waals surface area contributed by atoms with Crippen LogP contribution < -0.4 is 5.43 Å². The van der Waals surface area contributed by atoms with Crippen LogP contribution in [0.2, 0.25) is 0 Å². The summed E-state index contributed by atoms with van der Waals surface area (Å²) in [4.78, 5) is 11.1. The minimum atomic E-state index is 0.106. The van der Waals surface area contributed by atoms with Gasteiger partial charge >= 0.3 is 0 Å². The van der Waals surface area contributed by atoms with Gasteiger partial charge in [0.05, 0.1) is 0 Å². The standard InChI is InChI=1S/C9H14N2O/c1-6(7-2-3-7)10-11-9(12)8-4-5-8/h7-8H,2-5H2,1H3,(H,11,12)/b10-6+. The highest BCUT2D eigenvalue weighted by Gasteiger charge is 2.30. The number of rotatable bonds is 3. The van der Waals surface area contributed by atoms with Gasteiger partial charge in [0.25, 0.3) is 0 Å². The third-order valence-corrected chi connectivity index (χ3v) is 2.46. The number of hydrazone groups is 1. The van der Waals surface area contributed by atoms with E-state index in [1.807, 2.05) is 6.92 Å². The van der Waals surface area contributed by atoms with Crippen molar-refractivity contribution in [2.24, 2.45) is 16.9 Å². The monoisotopic (exact) mass is 166 g/mol. The van der Waals surface area contributed by atoms with Crippen LogP contribution in [0, 0.1) is 11.8 Å². The molecule has 0 bridgehead atoms. The molecule has 0 unspecified atom stereocenters. The molecular weight excluding hydrogens is 152 g/mol. The lowest BCUT2D eigenvalue weighted by Crippen LogP contribution is -2.20. The van der Waals surface area contributed by atoms with Crippen molar-refractivity contribution in [3.63, 3.8) is 0 Å². The Morgan fingerprint density at radius 3 is 2.33 bits per heavy atom. The fraction of sp³-hybridized carbons (Fsp3) is 0.778. The molecule has 0 aliphatic heterocycles. The summed E-state index contributed by atoms with van der Waals surface area (Å²) in [5.74, 6) is 1.03. The molecule has 3 nitrogen and oxygen atoms in total. The first-order chi connectivity index (χ1) is 5.77. The van der Waals surface area contributed by atoms with Crippen LogP contribution in [0.1, 0.15) is 32.6 Å². The van der Waals surface area contributed by atoms with Crippen molar-refractivity contribution in [3.8, 4) is 0 Å². The van der Waals surface area contributed by atoms with E-state index in [4.69, 9.17) is 0 Å². The SMILES string of the molecule is C/C(=N\NC(=O)C1CC1)C1CC1. The molecule has 2 aliphatic carbocycles. The van der Waals surface area contributed by atoms with E-state index >= 15 is 0 Å². The highest BCUT2D eigenvalue weighted by atomic mass is 16.2. The van der Waals surface area contributed by atoms with E-state index in [0.29, 0.717) is 5.92 Å². The molecule has 1 amide bonds. The van der Waals surface area contributed by atoms with Crippen LogP contribution >= 0.6 is 0 Å². The second kappa shape index (κ2) is 2.88. The maximum Gasteiger partial charge on any atom is 0.243 e. The van der Waals surface area contributed by atoms with E-state index in [0.717, 1.165) is 18.6 Å². The molecule has 0 atom stereocenters. The zero-order chi connectivity index (χ0) is 8.55.